The van der Waals surface area contributed by atoms with Gasteiger partial charge in [-0.15, -0.1) is 0 Å². The summed E-state index contributed by atoms with van der Waals surface area (Å²) in [5.74, 6) is 0.741. The van der Waals surface area contributed by atoms with Gasteiger partial charge in [-0.25, -0.2) is 0 Å². The van der Waals surface area contributed by atoms with Crippen molar-refractivity contribution in [1.82, 2.24) is 0 Å². The van der Waals surface area contributed by atoms with Crippen LogP contribution in [0.2, 0.25) is 0 Å². The van der Waals surface area contributed by atoms with E-state index in [1.807, 2.05) is 0 Å². The van der Waals surface area contributed by atoms with E-state index >= 15 is 0 Å². The molecule has 0 aromatic rings. The molecule has 2 aliphatic carbocycles. The molecule has 0 radical (unpaired) electrons. The monoisotopic (exact) mass is 127 g/mol. The van der Waals surface area contributed by atoms with Crippen LogP contribution in [0.25, 0.3) is 0 Å². The van der Waals surface area contributed by atoms with Gasteiger partial charge in [-0.1, -0.05) is 0 Å². The summed E-state index contributed by atoms with van der Waals surface area (Å²) in [5.41, 5.74) is 5.72. The third-order valence-corrected chi connectivity index (χ3v) is 2.91. The number of rotatable bonds is 0. The molecular weight excluding hydrogens is 114 g/mol. The summed E-state index contributed by atoms with van der Waals surface area (Å²) in [6.45, 7) is 0. The molecule has 0 amide bonds. The molecule has 2 saturated carbocycles. The molecule has 2 aliphatic rings. The molecule has 2 heteroatoms. The van der Waals surface area contributed by atoms with Crippen molar-refractivity contribution in [3.05, 3.63) is 0 Å². The number of nitrogens with two attached hydrogens (primary N) is 1. The molecule has 0 unspecified atom stereocenters. The number of hydrogen-bond donors (Lipinski definition) is 2. The third kappa shape index (κ3) is 0.634. The topological polar surface area (TPSA) is 46.2 Å². The van der Waals surface area contributed by atoms with Crippen molar-refractivity contribution in [2.24, 2.45) is 11.7 Å². The van der Waals surface area contributed by atoms with Gasteiger partial charge in [0.15, 0.2) is 0 Å². The van der Waals surface area contributed by atoms with Crippen LogP contribution in [0.1, 0.15) is 25.7 Å². The fourth-order valence-corrected chi connectivity index (χ4v) is 2.27. The van der Waals surface area contributed by atoms with Gasteiger partial charge < -0.3 is 10.8 Å². The smallest absolute Gasteiger partial charge is 0.0722 e. The lowest BCUT2D eigenvalue weighted by atomic mass is 9.92. The second-order valence-electron chi connectivity index (χ2n) is 3.59. The highest BCUT2D eigenvalue weighted by Crippen LogP contribution is 2.45. The lowest BCUT2D eigenvalue weighted by Gasteiger charge is -2.26. The maximum absolute atomic E-state index is 9.35. The van der Waals surface area contributed by atoms with Gasteiger partial charge in [0.25, 0.3) is 0 Å². The lowest BCUT2D eigenvalue weighted by Crippen LogP contribution is -2.45. The van der Waals surface area contributed by atoms with Gasteiger partial charge in [-0.05, 0) is 31.6 Å². The molecule has 3 atom stereocenters. The van der Waals surface area contributed by atoms with E-state index in [2.05, 4.69) is 0 Å². The van der Waals surface area contributed by atoms with Gasteiger partial charge in [0.1, 0.15) is 0 Å². The largest absolute Gasteiger partial charge is 0.391 e. The Bertz CT molecular complexity index is 137. The summed E-state index contributed by atoms with van der Waals surface area (Å²) in [7, 11) is 0. The van der Waals surface area contributed by atoms with Gasteiger partial charge in [0.2, 0.25) is 0 Å². The first kappa shape index (κ1) is 5.69. The molecule has 0 spiro atoms. The Balaban J connectivity index is 2.22. The first-order valence-corrected chi connectivity index (χ1v) is 3.68. The van der Waals surface area contributed by atoms with Crippen molar-refractivity contribution in [3.63, 3.8) is 0 Å². The van der Waals surface area contributed by atoms with E-state index in [0.29, 0.717) is 0 Å². The summed E-state index contributed by atoms with van der Waals surface area (Å²) >= 11 is 0. The lowest BCUT2D eigenvalue weighted by molar-refractivity contribution is 0.0931. The standard InChI is InChI=1S/C7H13NO/c8-7-2-1-5(4-7)3-6(7)9/h5-6,9H,1-4,8H2/t5-,6+,7+/m1/s1. The number of aliphatic hydroxyl groups excluding tert-OH is 1. The molecule has 2 rings (SSSR count). The summed E-state index contributed by atoms with van der Waals surface area (Å²) in [6, 6.07) is 0. The fourth-order valence-electron chi connectivity index (χ4n) is 2.27. The Kier molecular flexibility index (Phi) is 0.945. The van der Waals surface area contributed by atoms with Crippen LogP contribution in [0.5, 0.6) is 0 Å². The zero-order valence-electron chi connectivity index (χ0n) is 5.51. The molecule has 9 heavy (non-hydrogen) atoms. The fraction of sp³-hybridized carbons (Fsp3) is 1.00. The summed E-state index contributed by atoms with van der Waals surface area (Å²) < 4.78 is 0. The first-order valence-electron chi connectivity index (χ1n) is 3.68. The maximum Gasteiger partial charge on any atom is 0.0722 e. The molecule has 2 bridgehead atoms. The van der Waals surface area contributed by atoms with E-state index in [1.54, 1.807) is 0 Å². The molecule has 2 fully saturated rings. The minimum atomic E-state index is -0.198. The van der Waals surface area contributed by atoms with E-state index in [-0.39, 0.29) is 11.6 Å². The van der Waals surface area contributed by atoms with Crippen molar-refractivity contribution in [2.75, 3.05) is 0 Å². The summed E-state index contributed by atoms with van der Waals surface area (Å²) in [4.78, 5) is 0. The summed E-state index contributed by atoms with van der Waals surface area (Å²) in [5, 5.41) is 9.35. The summed E-state index contributed by atoms with van der Waals surface area (Å²) in [6.07, 6.45) is 4.10. The SMILES string of the molecule is N[C@]12CC[C@H](C[C@@H]1O)C2. The van der Waals surface area contributed by atoms with E-state index in [9.17, 15) is 5.11 Å². The van der Waals surface area contributed by atoms with E-state index < -0.39 is 0 Å². The van der Waals surface area contributed by atoms with Gasteiger partial charge in [0.05, 0.1) is 6.10 Å². The Hall–Kier alpha value is -0.0800. The minimum Gasteiger partial charge on any atom is -0.391 e. The van der Waals surface area contributed by atoms with Gasteiger partial charge in [-0.2, -0.15) is 0 Å². The average Bonchev–Trinajstić information content (AvgIpc) is 2.22. The van der Waals surface area contributed by atoms with Crippen LogP contribution in [0.15, 0.2) is 0 Å². The predicted molar refractivity (Wildman–Crippen MR) is 34.9 cm³/mol. The van der Waals surface area contributed by atoms with Crippen LogP contribution in [-0.4, -0.2) is 16.7 Å². The number of fused-ring (bicyclic) bond motifs is 2. The Morgan fingerprint density at radius 2 is 2.33 bits per heavy atom. The third-order valence-electron chi connectivity index (χ3n) is 2.91. The molecule has 0 aliphatic heterocycles. The highest BCUT2D eigenvalue weighted by atomic mass is 16.3. The second-order valence-corrected chi connectivity index (χ2v) is 3.59. The van der Waals surface area contributed by atoms with Crippen LogP contribution >= 0.6 is 0 Å². The molecule has 2 nitrogen and oxygen atoms in total. The average molecular weight is 127 g/mol. The molecule has 0 aromatic heterocycles. The molecule has 0 aromatic carbocycles. The van der Waals surface area contributed by atoms with E-state index in [0.717, 1.165) is 25.2 Å². The zero-order valence-corrected chi connectivity index (χ0v) is 5.51. The molecule has 0 saturated heterocycles. The van der Waals surface area contributed by atoms with Crippen LogP contribution in [-0.2, 0) is 0 Å². The van der Waals surface area contributed by atoms with Crippen LogP contribution in [0.4, 0.5) is 0 Å². The van der Waals surface area contributed by atoms with Gasteiger partial charge in [0, 0.05) is 5.54 Å². The van der Waals surface area contributed by atoms with Crippen LogP contribution < -0.4 is 5.73 Å². The van der Waals surface area contributed by atoms with E-state index in [4.69, 9.17) is 5.73 Å². The minimum absolute atomic E-state index is 0.176. The predicted octanol–water partition coefficient (Wildman–Crippen LogP) is 0.249. The van der Waals surface area contributed by atoms with Gasteiger partial charge in [-0.3, -0.25) is 0 Å². The van der Waals surface area contributed by atoms with Crippen LogP contribution in [0, 0.1) is 5.92 Å². The normalized spacial score (nSPS) is 56.7. The Morgan fingerprint density at radius 1 is 1.56 bits per heavy atom. The first-order chi connectivity index (χ1) is 4.21. The number of hydrogen-bond acceptors (Lipinski definition) is 2. The van der Waals surface area contributed by atoms with Crippen molar-refractivity contribution in [3.8, 4) is 0 Å². The highest BCUT2D eigenvalue weighted by molar-refractivity contribution is 5.05. The second kappa shape index (κ2) is 1.50. The van der Waals surface area contributed by atoms with Crippen molar-refractivity contribution < 1.29 is 5.11 Å². The van der Waals surface area contributed by atoms with Gasteiger partial charge >= 0.3 is 0 Å². The molecule has 3 N–H and O–H groups in total. The number of aliphatic hydroxyl groups is 1. The molecular formula is C7H13NO. The highest BCUT2D eigenvalue weighted by Gasteiger charge is 2.48. The van der Waals surface area contributed by atoms with Crippen LogP contribution in [0.3, 0.4) is 0 Å². The quantitative estimate of drug-likeness (QED) is 0.490. The zero-order chi connectivity index (χ0) is 6.48. The van der Waals surface area contributed by atoms with Crippen molar-refractivity contribution in [2.45, 2.75) is 37.3 Å². The van der Waals surface area contributed by atoms with Crippen molar-refractivity contribution >= 4 is 0 Å². The maximum atomic E-state index is 9.35. The van der Waals surface area contributed by atoms with Crippen molar-refractivity contribution in [1.29, 1.82) is 0 Å². The molecule has 0 heterocycles. The molecule has 52 valence electrons. The van der Waals surface area contributed by atoms with E-state index in [1.165, 1.54) is 6.42 Å². The Morgan fingerprint density at radius 3 is 2.56 bits per heavy atom. The Labute approximate surface area is 55.1 Å².